The molecule has 0 radical (unpaired) electrons. The number of unbranched alkanes of at least 4 members (excludes halogenated alkanes) is 2. The van der Waals surface area contributed by atoms with Crippen molar-refractivity contribution in [3.8, 4) is 17.6 Å². The van der Waals surface area contributed by atoms with Crippen molar-refractivity contribution >= 4 is 82.2 Å². The molecular formula is C51H57ClF3N10O6P. The Kier molecular flexibility index (Phi) is 16.2. The number of rotatable bonds is 15. The number of piperidine rings is 2. The number of alkyl halides is 3. The van der Waals surface area contributed by atoms with Gasteiger partial charge >= 0.3 is 6.18 Å². The average Bonchev–Trinajstić information content (AvgIpc) is 3.69. The number of amides is 4. The fourth-order valence-electron chi connectivity index (χ4n) is 9.59. The number of hydrogen-bond donors (Lipinski definition) is 4. The number of piperazine rings is 1. The Morgan fingerprint density at radius 3 is 2.44 bits per heavy atom. The smallest absolute Gasteiger partial charge is 0.409 e. The molecule has 1 unspecified atom stereocenters. The van der Waals surface area contributed by atoms with Gasteiger partial charge < -0.3 is 40.0 Å². The first kappa shape index (κ1) is 51.9. The van der Waals surface area contributed by atoms with Crippen molar-refractivity contribution in [3.63, 3.8) is 0 Å². The number of hydrogen-bond acceptors (Lipinski definition) is 13. The maximum atomic E-state index is 13.2. The SMILES string of the molecule is COc1cc(N2CCC(N3CCN(CCCCC#Cc4cccc5c4CN(C4CCC(=O)NC4=O)C5=O)CC3)CC2)c(NC(=O)/C=C/C(F)(F)F)cc1Nc1ncc(Cl)c(Nc2ccccc2P(C)(C)=O)n1. The van der Waals surface area contributed by atoms with Gasteiger partial charge in [-0.3, -0.25) is 29.4 Å². The van der Waals surface area contributed by atoms with Crippen LogP contribution >= 0.6 is 18.7 Å². The lowest BCUT2D eigenvalue weighted by atomic mass is 10.0. The number of methoxy groups -OCH3 is 1. The second-order valence-electron chi connectivity index (χ2n) is 18.5. The van der Waals surface area contributed by atoms with Gasteiger partial charge in [-0.2, -0.15) is 18.2 Å². The van der Waals surface area contributed by atoms with Crippen LogP contribution in [0.2, 0.25) is 5.02 Å². The standard InChI is InChI=1S/C51H57ClF3N10O6P/c1-71-43-30-42(39(57-46(67)18-21-51(53,54)55)29-40(43)59-50-56-31-37(52)47(61-50)58-38-14-7-8-15-44(38)72(2,3)70)64-23-19-34(20-24-64)63-27-25-62(26-28-63)22-9-5-4-6-11-33-12-10-13-35-36(33)32-65(49(35)69)41-16-17-45(66)60-48(41)68/h7-8,10,12-15,18,21,29-31,34,41H,4-5,9,16-17,19-20,22-28,32H2,1-3H3,(H,57,67)(H,60,66,68)(H2,56,58,59,61)/b21-18+. The first-order chi connectivity index (χ1) is 34.4. The maximum Gasteiger partial charge on any atom is 0.409 e. The van der Waals surface area contributed by atoms with Crippen molar-refractivity contribution in [3.05, 3.63) is 94.7 Å². The number of anilines is 6. The van der Waals surface area contributed by atoms with Gasteiger partial charge in [0.2, 0.25) is 23.7 Å². The molecule has 21 heteroatoms. The van der Waals surface area contributed by atoms with E-state index < -0.39 is 31.2 Å². The molecule has 4 aliphatic rings. The monoisotopic (exact) mass is 1030 g/mol. The van der Waals surface area contributed by atoms with Crippen LogP contribution in [0.15, 0.2) is 72.9 Å². The van der Waals surface area contributed by atoms with E-state index in [2.05, 4.69) is 57.8 Å². The number of fused-ring (bicyclic) bond motifs is 1. The van der Waals surface area contributed by atoms with E-state index in [0.717, 1.165) is 69.5 Å². The lowest BCUT2D eigenvalue weighted by Crippen LogP contribution is -2.53. The van der Waals surface area contributed by atoms with E-state index in [1.165, 1.54) is 13.3 Å². The number of ether oxygens (including phenoxy) is 1. The van der Waals surface area contributed by atoms with Crippen LogP contribution in [0.4, 0.5) is 47.7 Å². The molecule has 3 saturated heterocycles. The van der Waals surface area contributed by atoms with Gasteiger partial charge in [-0.15, -0.1) is 0 Å². The van der Waals surface area contributed by atoms with Crippen molar-refractivity contribution in [1.82, 2.24) is 30.0 Å². The normalized spacial score (nSPS) is 18.2. The first-order valence-electron chi connectivity index (χ1n) is 23.9. The van der Waals surface area contributed by atoms with E-state index in [-0.39, 0.29) is 46.8 Å². The van der Waals surface area contributed by atoms with Crippen LogP contribution in [0.25, 0.3) is 0 Å². The lowest BCUT2D eigenvalue weighted by molar-refractivity contribution is -0.137. The van der Waals surface area contributed by atoms with E-state index in [1.54, 1.807) is 60.7 Å². The molecule has 3 fully saturated rings. The fraction of sp³-hybridized carbons (Fsp3) is 0.412. The number of carbonyl (C=O) groups is 4. The highest BCUT2D eigenvalue weighted by molar-refractivity contribution is 7.70. The molecule has 0 spiro atoms. The van der Waals surface area contributed by atoms with Crippen molar-refractivity contribution in [2.45, 2.75) is 69.8 Å². The molecule has 5 heterocycles. The summed E-state index contributed by atoms with van der Waals surface area (Å²) in [5.74, 6) is 5.32. The third-order valence-electron chi connectivity index (χ3n) is 13.3. The third-order valence-corrected chi connectivity index (χ3v) is 15.1. The highest BCUT2D eigenvalue weighted by Crippen LogP contribution is 2.41. The van der Waals surface area contributed by atoms with Gasteiger partial charge in [-0.25, -0.2) is 4.98 Å². The number of halogens is 4. The largest absolute Gasteiger partial charge is 0.494 e. The molecule has 4 N–H and O–H groups in total. The minimum atomic E-state index is -4.68. The molecule has 3 aromatic carbocycles. The van der Waals surface area contributed by atoms with Crippen molar-refractivity contribution in [1.29, 1.82) is 0 Å². The summed E-state index contributed by atoms with van der Waals surface area (Å²) in [6.45, 7) is 9.56. The Labute approximate surface area is 421 Å². The molecular weight excluding hydrogens is 972 g/mol. The van der Waals surface area contributed by atoms with Gasteiger partial charge in [0.05, 0.1) is 36.1 Å². The highest BCUT2D eigenvalue weighted by atomic mass is 35.5. The predicted molar refractivity (Wildman–Crippen MR) is 272 cm³/mol. The van der Waals surface area contributed by atoms with Crippen LogP contribution in [0.5, 0.6) is 5.75 Å². The van der Waals surface area contributed by atoms with Gasteiger partial charge in [0.25, 0.3) is 5.91 Å². The van der Waals surface area contributed by atoms with Crippen LogP contribution in [0.3, 0.4) is 0 Å². The van der Waals surface area contributed by atoms with Crippen LogP contribution in [0, 0.1) is 11.8 Å². The topological polar surface area (TPSA) is 181 Å². The Morgan fingerprint density at radius 2 is 1.72 bits per heavy atom. The number of benzene rings is 3. The minimum Gasteiger partial charge on any atom is -0.494 e. The third kappa shape index (κ3) is 12.8. The number of carbonyl (C=O) groups excluding carboxylic acids is 4. The molecule has 72 heavy (non-hydrogen) atoms. The van der Waals surface area contributed by atoms with Crippen LogP contribution in [0.1, 0.15) is 66.4 Å². The van der Waals surface area contributed by atoms with Crippen LogP contribution in [-0.4, -0.2) is 133 Å². The predicted octanol–water partition coefficient (Wildman–Crippen LogP) is 7.50. The number of nitrogens with zero attached hydrogens (tertiary/aromatic N) is 6. The van der Waals surface area contributed by atoms with Crippen LogP contribution < -0.4 is 36.2 Å². The molecule has 16 nitrogen and oxygen atoms in total. The number of para-hydroxylation sites is 1. The van der Waals surface area contributed by atoms with Crippen molar-refractivity contribution < 1.29 is 41.7 Å². The fourth-order valence-corrected chi connectivity index (χ4v) is 10.9. The van der Waals surface area contributed by atoms with E-state index in [0.29, 0.717) is 78.3 Å². The molecule has 4 amide bonds. The molecule has 8 rings (SSSR count). The summed E-state index contributed by atoms with van der Waals surface area (Å²) in [5, 5.41) is 12.1. The van der Waals surface area contributed by atoms with Gasteiger partial charge in [-0.05, 0) is 87.9 Å². The number of imide groups is 1. The molecule has 4 aromatic rings. The Hall–Kier alpha value is -6.45. The minimum absolute atomic E-state index is 0.0944. The van der Waals surface area contributed by atoms with E-state index in [9.17, 15) is 36.9 Å². The van der Waals surface area contributed by atoms with Gasteiger partial charge in [0.15, 0.2) is 5.82 Å². The Balaban J connectivity index is 0.850. The lowest BCUT2D eigenvalue weighted by Gasteiger charge is -2.43. The number of nitrogens with one attached hydrogen (secondary N) is 4. The molecule has 1 atom stereocenters. The zero-order chi connectivity index (χ0) is 51.2. The van der Waals surface area contributed by atoms with Gasteiger partial charge in [0, 0.05) is 99.3 Å². The van der Waals surface area contributed by atoms with Crippen molar-refractivity contribution in [2.24, 2.45) is 0 Å². The summed E-state index contributed by atoms with van der Waals surface area (Å²) >= 11 is 6.50. The Bertz CT molecular complexity index is 2850. The second kappa shape index (κ2) is 22.5. The van der Waals surface area contributed by atoms with E-state index in [1.807, 2.05) is 12.1 Å². The molecule has 1 aromatic heterocycles. The molecule has 0 aliphatic carbocycles. The highest BCUT2D eigenvalue weighted by Gasteiger charge is 2.40. The first-order valence-corrected chi connectivity index (χ1v) is 26.9. The summed E-state index contributed by atoms with van der Waals surface area (Å²) in [7, 11) is -1.19. The summed E-state index contributed by atoms with van der Waals surface area (Å²) < 4.78 is 58.1. The van der Waals surface area contributed by atoms with E-state index >= 15 is 0 Å². The molecule has 4 aliphatic heterocycles. The zero-order valence-corrected chi connectivity index (χ0v) is 41.9. The van der Waals surface area contributed by atoms with Gasteiger partial charge in [-0.1, -0.05) is 41.6 Å². The van der Waals surface area contributed by atoms with Gasteiger partial charge in [0.1, 0.15) is 24.0 Å². The quantitative estimate of drug-likeness (QED) is 0.0303. The summed E-state index contributed by atoms with van der Waals surface area (Å²) in [6, 6.07) is 15.6. The maximum absolute atomic E-state index is 13.2. The zero-order valence-electron chi connectivity index (χ0n) is 40.3. The summed E-state index contributed by atoms with van der Waals surface area (Å²) in [6.07, 6.45) is 1.87. The summed E-state index contributed by atoms with van der Waals surface area (Å²) in [5.41, 5.74) is 3.89. The average molecular weight is 1030 g/mol. The summed E-state index contributed by atoms with van der Waals surface area (Å²) in [4.78, 5) is 67.8. The number of allylic oxidation sites excluding steroid dienone is 1. The molecule has 380 valence electrons. The molecule has 0 saturated carbocycles. The molecule has 0 bridgehead atoms. The van der Waals surface area contributed by atoms with Crippen molar-refractivity contribution in [2.75, 3.05) is 87.1 Å². The van der Waals surface area contributed by atoms with Crippen LogP contribution in [-0.2, 0) is 25.5 Å². The Morgan fingerprint density at radius 1 is 0.958 bits per heavy atom. The second-order valence-corrected chi connectivity index (χ2v) is 22.1. The number of aromatic nitrogens is 2. The van der Waals surface area contributed by atoms with E-state index in [4.69, 9.17) is 16.3 Å².